The summed E-state index contributed by atoms with van der Waals surface area (Å²) < 4.78 is 38.7. The fourth-order valence-electron chi connectivity index (χ4n) is 0.622. The zero-order chi connectivity index (χ0) is 12.8. The number of nitrogens with two attached hydrogens (primary N) is 1. The lowest BCUT2D eigenvalue weighted by Crippen LogP contribution is -2.41. The third-order valence-corrected chi connectivity index (χ3v) is 1.32. The Kier molecular flexibility index (Phi) is 5.75. The number of amides is 2. The molecule has 1 atom stereocenters. The highest BCUT2D eigenvalue weighted by molar-refractivity contribution is 5.81. The number of aliphatic hydroxyl groups excluding tert-OH is 1. The van der Waals surface area contributed by atoms with E-state index in [9.17, 15) is 22.8 Å². The van der Waals surface area contributed by atoms with Crippen molar-refractivity contribution >= 4 is 11.8 Å². The second-order valence-electron chi connectivity index (χ2n) is 2.83. The van der Waals surface area contributed by atoms with Gasteiger partial charge in [-0.2, -0.15) is 13.2 Å². The van der Waals surface area contributed by atoms with Crippen molar-refractivity contribution in [2.75, 3.05) is 19.8 Å². The molecule has 0 saturated carbocycles. The van der Waals surface area contributed by atoms with Crippen LogP contribution in [-0.2, 0) is 14.3 Å². The van der Waals surface area contributed by atoms with Crippen LogP contribution in [0.4, 0.5) is 13.2 Å². The highest BCUT2D eigenvalue weighted by Gasteiger charge is 2.27. The fourth-order valence-corrected chi connectivity index (χ4v) is 0.622. The molecule has 0 rings (SSSR count). The lowest BCUT2D eigenvalue weighted by atomic mass is 10.3. The maximum atomic E-state index is 11.6. The number of rotatable bonds is 6. The van der Waals surface area contributed by atoms with Crippen molar-refractivity contribution in [3.8, 4) is 0 Å². The molecule has 0 radical (unpaired) electrons. The molecule has 16 heavy (non-hydrogen) atoms. The molecule has 0 aromatic heterocycles. The van der Waals surface area contributed by atoms with E-state index in [1.807, 2.05) is 5.32 Å². The minimum atomic E-state index is -4.51. The van der Waals surface area contributed by atoms with Gasteiger partial charge in [0.15, 0.2) is 0 Å². The summed E-state index contributed by atoms with van der Waals surface area (Å²) >= 11 is 0. The van der Waals surface area contributed by atoms with Gasteiger partial charge >= 0.3 is 6.18 Å². The predicted octanol–water partition coefficient (Wildman–Crippen LogP) is -1.47. The van der Waals surface area contributed by atoms with Crippen LogP contribution in [0.2, 0.25) is 0 Å². The van der Waals surface area contributed by atoms with E-state index in [1.165, 1.54) is 0 Å². The van der Waals surface area contributed by atoms with Crippen LogP contribution in [0.1, 0.15) is 0 Å². The SMILES string of the molecule is NC(=O)C(O)CNC(=O)COCC(F)(F)F. The summed E-state index contributed by atoms with van der Waals surface area (Å²) in [6.45, 7) is -2.83. The summed E-state index contributed by atoms with van der Waals surface area (Å²) in [5, 5.41) is 10.8. The van der Waals surface area contributed by atoms with Gasteiger partial charge < -0.3 is 20.9 Å². The molecule has 0 spiro atoms. The van der Waals surface area contributed by atoms with E-state index < -0.39 is 43.9 Å². The molecule has 0 aliphatic carbocycles. The van der Waals surface area contributed by atoms with Crippen molar-refractivity contribution < 1.29 is 32.6 Å². The number of hydrogen-bond donors (Lipinski definition) is 3. The van der Waals surface area contributed by atoms with E-state index in [4.69, 9.17) is 5.11 Å². The maximum Gasteiger partial charge on any atom is 0.411 e. The molecular formula is C7H11F3N2O4. The standard InChI is InChI=1S/C7H11F3N2O4/c8-7(9,10)3-16-2-5(14)12-1-4(13)6(11)15/h4,13H,1-3H2,(H2,11,15)(H,12,14). The van der Waals surface area contributed by atoms with Gasteiger partial charge in [-0.15, -0.1) is 0 Å². The van der Waals surface area contributed by atoms with E-state index in [2.05, 4.69) is 10.5 Å². The largest absolute Gasteiger partial charge is 0.411 e. The second-order valence-corrected chi connectivity index (χ2v) is 2.83. The van der Waals surface area contributed by atoms with E-state index in [1.54, 1.807) is 0 Å². The number of nitrogens with one attached hydrogen (secondary N) is 1. The first kappa shape index (κ1) is 14.6. The van der Waals surface area contributed by atoms with E-state index in [0.717, 1.165) is 0 Å². The third kappa shape index (κ3) is 8.00. The fraction of sp³-hybridized carbons (Fsp3) is 0.714. The van der Waals surface area contributed by atoms with E-state index >= 15 is 0 Å². The molecule has 0 heterocycles. The highest BCUT2D eigenvalue weighted by atomic mass is 19.4. The molecule has 0 aliphatic rings. The van der Waals surface area contributed by atoms with Crippen LogP contribution in [0.25, 0.3) is 0 Å². The van der Waals surface area contributed by atoms with Crippen LogP contribution in [0.5, 0.6) is 0 Å². The number of halogens is 3. The summed E-state index contributed by atoms with van der Waals surface area (Å²) in [6, 6.07) is 0. The number of alkyl halides is 3. The van der Waals surface area contributed by atoms with Crippen molar-refractivity contribution in [1.29, 1.82) is 0 Å². The first-order chi connectivity index (χ1) is 7.22. The van der Waals surface area contributed by atoms with Crippen molar-refractivity contribution in [3.05, 3.63) is 0 Å². The van der Waals surface area contributed by atoms with Gasteiger partial charge in [-0.25, -0.2) is 0 Å². The summed E-state index contributed by atoms with van der Waals surface area (Å²) in [5.41, 5.74) is 4.66. The van der Waals surface area contributed by atoms with Crippen LogP contribution in [0, 0.1) is 0 Å². The lowest BCUT2D eigenvalue weighted by molar-refractivity contribution is -0.175. The van der Waals surface area contributed by atoms with Crippen molar-refractivity contribution in [1.82, 2.24) is 5.32 Å². The summed E-state index contributed by atoms with van der Waals surface area (Å²) in [6.07, 6.45) is -6.08. The molecule has 2 amide bonds. The second kappa shape index (κ2) is 6.28. The molecule has 6 nitrogen and oxygen atoms in total. The van der Waals surface area contributed by atoms with Gasteiger partial charge in [-0.3, -0.25) is 9.59 Å². The Morgan fingerprint density at radius 3 is 2.44 bits per heavy atom. The third-order valence-electron chi connectivity index (χ3n) is 1.32. The van der Waals surface area contributed by atoms with Gasteiger partial charge in [-0.1, -0.05) is 0 Å². The molecule has 0 saturated heterocycles. The topological polar surface area (TPSA) is 102 Å². The normalized spacial score (nSPS) is 13.2. The molecule has 0 fully saturated rings. The van der Waals surface area contributed by atoms with Gasteiger partial charge in [-0.05, 0) is 0 Å². The number of carbonyl (C=O) groups is 2. The number of carbonyl (C=O) groups excluding carboxylic acids is 2. The van der Waals surface area contributed by atoms with Crippen LogP contribution in [-0.4, -0.2) is 49.0 Å². The number of aliphatic hydroxyl groups is 1. The monoisotopic (exact) mass is 244 g/mol. The quantitative estimate of drug-likeness (QED) is 0.530. The molecule has 1 unspecified atom stereocenters. The van der Waals surface area contributed by atoms with Gasteiger partial charge in [0.25, 0.3) is 0 Å². The molecule has 94 valence electrons. The Hall–Kier alpha value is -1.35. The minimum Gasteiger partial charge on any atom is -0.381 e. The van der Waals surface area contributed by atoms with Crippen molar-refractivity contribution in [3.63, 3.8) is 0 Å². The first-order valence-electron chi connectivity index (χ1n) is 4.11. The number of ether oxygens (including phenoxy) is 1. The summed E-state index contributed by atoms with van der Waals surface area (Å²) in [5.74, 6) is -1.93. The zero-order valence-corrected chi connectivity index (χ0v) is 8.08. The average molecular weight is 244 g/mol. The summed E-state index contributed by atoms with van der Waals surface area (Å²) in [7, 11) is 0. The van der Waals surface area contributed by atoms with Gasteiger partial charge in [0.1, 0.15) is 19.3 Å². The van der Waals surface area contributed by atoms with Gasteiger partial charge in [0, 0.05) is 0 Å². The highest BCUT2D eigenvalue weighted by Crippen LogP contribution is 2.13. The smallest absolute Gasteiger partial charge is 0.381 e. The van der Waals surface area contributed by atoms with Gasteiger partial charge in [0.05, 0.1) is 6.54 Å². The van der Waals surface area contributed by atoms with Crippen LogP contribution in [0.3, 0.4) is 0 Å². The molecule has 0 aliphatic heterocycles. The molecule has 0 bridgehead atoms. The van der Waals surface area contributed by atoms with Crippen LogP contribution in [0.15, 0.2) is 0 Å². The van der Waals surface area contributed by atoms with Crippen LogP contribution < -0.4 is 11.1 Å². The number of primary amides is 1. The lowest BCUT2D eigenvalue weighted by Gasteiger charge is -2.09. The number of hydrogen-bond acceptors (Lipinski definition) is 4. The van der Waals surface area contributed by atoms with Crippen molar-refractivity contribution in [2.45, 2.75) is 12.3 Å². The average Bonchev–Trinajstić information content (AvgIpc) is 2.11. The van der Waals surface area contributed by atoms with E-state index in [-0.39, 0.29) is 0 Å². The Balaban J connectivity index is 3.64. The van der Waals surface area contributed by atoms with E-state index in [0.29, 0.717) is 0 Å². The molecule has 9 heteroatoms. The minimum absolute atomic E-state index is 0.469. The molecule has 4 N–H and O–H groups in total. The Bertz CT molecular complexity index is 257. The molecule has 0 aromatic carbocycles. The first-order valence-corrected chi connectivity index (χ1v) is 4.11. The zero-order valence-electron chi connectivity index (χ0n) is 8.08. The predicted molar refractivity (Wildman–Crippen MR) is 45.1 cm³/mol. The summed E-state index contributed by atoms with van der Waals surface area (Å²) in [4.78, 5) is 21.1. The Labute approximate surface area is 88.5 Å². The van der Waals surface area contributed by atoms with Crippen LogP contribution >= 0.6 is 0 Å². The van der Waals surface area contributed by atoms with Crippen molar-refractivity contribution in [2.24, 2.45) is 5.73 Å². The maximum absolute atomic E-state index is 11.6. The van der Waals surface area contributed by atoms with Gasteiger partial charge in [0.2, 0.25) is 11.8 Å². The Morgan fingerprint density at radius 2 is 2.00 bits per heavy atom. The Morgan fingerprint density at radius 1 is 1.44 bits per heavy atom. The molecule has 0 aromatic rings. The molecular weight excluding hydrogens is 233 g/mol.